The zero-order valence-corrected chi connectivity index (χ0v) is 16.6. The molecule has 144 valence electrons. The maximum atomic E-state index is 12.2. The van der Waals surface area contributed by atoms with Crippen molar-refractivity contribution in [3.05, 3.63) is 69.5 Å². The monoisotopic (exact) mass is 417 g/mol. The maximum absolute atomic E-state index is 12.2. The number of benzene rings is 2. The van der Waals surface area contributed by atoms with Crippen molar-refractivity contribution >= 4 is 40.6 Å². The Balaban J connectivity index is 1.74. The molecule has 0 saturated heterocycles. The summed E-state index contributed by atoms with van der Waals surface area (Å²) in [5, 5.41) is 1.22. The van der Waals surface area contributed by atoms with Crippen molar-refractivity contribution in [1.82, 2.24) is 15.4 Å². The largest absolute Gasteiger partial charge is 0.437 e. The van der Waals surface area contributed by atoms with Crippen LogP contribution < -0.4 is 21.3 Å². The number of ether oxygens (including phenoxy) is 1. The van der Waals surface area contributed by atoms with Crippen molar-refractivity contribution in [1.29, 1.82) is 0 Å². The molecule has 0 saturated carbocycles. The van der Waals surface area contributed by atoms with E-state index in [2.05, 4.69) is 20.8 Å². The second kappa shape index (κ2) is 8.33. The molecule has 0 bridgehead atoms. The van der Waals surface area contributed by atoms with Crippen LogP contribution in [-0.2, 0) is 0 Å². The molecule has 0 unspecified atom stereocenters. The molecule has 0 fully saturated rings. The molecule has 4 N–H and O–H groups in total. The first kappa shape index (κ1) is 19.7. The number of rotatable bonds is 5. The van der Waals surface area contributed by atoms with Gasteiger partial charge in [0, 0.05) is 15.6 Å². The van der Waals surface area contributed by atoms with Gasteiger partial charge in [-0.1, -0.05) is 23.2 Å². The van der Waals surface area contributed by atoms with E-state index in [1.54, 1.807) is 36.4 Å². The normalized spacial score (nSPS) is 10.4. The summed E-state index contributed by atoms with van der Waals surface area (Å²) in [5.74, 6) is 0.524. The quantitative estimate of drug-likeness (QED) is 0.526. The SMILES string of the molecule is Cc1cc(Oc2ncnc(NNC(=O)c3ccc(Cl)cc3)c2N)cc(C)c1Cl. The fourth-order valence-electron chi connectivity index (χ4n) is 2.43. The molecule has 2 aromatic carbocycles. The summed E-state index contributed by atoms with van der Waals surface area (Å²) >= 11 is 12.0. The summed E-state index contributed by atoms with van der Waals surface area (Å²) in [6.45, 7) is 3.76. The lowest BCUT2D eigenvalue weighted by Gasteiger charge is -2.13. The summed E-state index contributed by atoms with van der Waals surface area (Å²) in [4.78, 5) is 20.3. The van der Waals surface area contributed by atoms with Crippen LogP contribution in [0.1, 0.15) is 21.5 Å². The van der Waals surface area contributed by atoms with Crippen molar-refractivity contribution in [3.8, 4) is 11.6 Å². The number of nitrogens with zero attached hydrogens (tertiary/aromatic N) is 2. The molecule has 0 aliphatic rings. The summed E-state index contributed by atoms with van der Waals surface area (Å²) < 4.78 is 5.77. The molecule has 0 radical (unpaired) electrons. The molecule has 1 amide bonds. The van der Waals surface area contributed by atoms with Gasteiger partial charge in [0.2, 0.25) is 5.88 Å². The number of aryl methyl sites for hydroxylation is 2. The fraction of sp³-hybridized carbons (Fsp3) is 0.105. The first-order valence-corrected chi connectivity index (χ1v) is 8.97. The van der Waals surface area contributed by atoms with Gasteiger partial charge in [-0.15, -0.1) is 0 Å². The number of aromatic nitrogens is 2. The predicted molar refractivity (Wildman–Crippen MR) is 110 cm³/mol. The highest BCUT2D eigenvalue weighted by atomic mass is 35.5. The van der Waals surface area contributed by atoms with Crippen LogP contribution in [0.15, 0.2) is 42.7 Å². The minimum atomic E-state index is -0.374. The summed E-state index contributed by atoms with van der Waals surface area (Å²) in [7, 11) is 0. The zero-order valence-electron chi connectivity index (χ0n) is 15.1. The van der Waals surface area contributed by atoms with Gasteiger partial charge >= 0.3 is 0 Å². The number of anilines is 2. The third kappa shape index (κ3) is 4.44. The second-order valence-electron chi connectivity index (χ2n) is 6.00. The van der Waals surface area contributed by atoms with Crippen LogP contribution >= 0.6 is 23.2 Å². The molecule has 1 heterocycles. The third-order valence-corrected chi connectivity index (χ3v) is 4.72. The highest BCUT2D eigenvalue weighted by Gasteiger charge is 2.13. The van der Waals surface area contributed by atoms with Crippen LogP contribution in [-0.4, -0.2) is 15.9 Å². The second-order valence-corrected chi connectivity index (χ2v) is 6.81. The Kier molecular flexibility index (Phi) is 5.87. The minimum Gasteiger partial charge on any atom is -0.437 e. The fourth-order valence-corrected chi connectivity index (χ4v) is 2.66. The van der Waals surface area contributed by atoms with E-state index in [9.17, 15) is 4.79 Å². The minimum absolute atomic E-state index is 0.143. The molecule has 1 aromatic heterocycles. The van der Waals surface area contributed by atoms with Crippen LogP contribution in [0.4, 0.5) is 11.5 Å². The summed E-state index contributed by atoms with van der Waals surface area (Å²) in [5.41, 5.74) is 13.6. The lowest BCUT2D eigenvalue weighted by molar-refractivity contribution is 0.0962. The molecule has 28 heavy (non-hydrogen) atoms. The molecule has 3 rings (SSSR count). The van der Waals surface area contributed by atoms with Gasteiger partial charge in [-0.2, -0.15) is 4.98 Å². The number of halogens is 2. The Bertz CT molecular complexity index is 1000. The number of nitrogens with one attached hydrogen (secondary N) is 2. The van der Waals surface area contributed by atoms with E-state index in [1.165, 1.54) is 6.33 Å². The number of hydrogen-bond acceptors (Lipinski definition) is 6. The number of nitrogens with two attached hydrogens (primary N) is 1. The molecule has 7 nitrogen and oxygen atoms in total. The molecule has 0 spiro atoms. The molecule has 9 heteroatoms. The molecule has 0 aliphatic heterocycles. The van der Waals surface area contributed by atoms with Gasteiger partial charge in [-0.3, -0.25) is 15.6 Å². The van der Waals surface area contributed by atoms with Crippen molar-refractivity contribution in [2.24, 2.45) is 0 Å². The maximum Gasteiger partial charge on any atom is 0.269 e. The van der Waals surface area contributed by atoms with E-state index in [-0.39, 0.29) is 23.3 Å². The van der Waals surface area contributed by atoms with Crippen LogP contribution in [0, 0.1) is 13.8 Å². The smallest absolute Gasteiger partial charge is 0.269 e. The van der Waals surface area contributed by atoms with Gasteiger partial charge in [-0.05, 0) is 61.4 Å². The number of hydrazine groups is 1. The van der Waals surface area contributed by atoms with E-state index in [1.807, 2.05) is 13.8 Å². The van der Waals surface area contributed by atoms with Crippen LogP contribution in [0.25, 0.3) is 0 Å². The Morgan fingerprint density at radius 3 is 2.36 bits per heavy atom. The highest BCUT2D eigenvalue weighted by molar-refractivity contribution is 6.32. The van der Waals surface area contributed by atoms with E-state index in [0.29, 0.717) is 21.4 Å². The van der Waals surface area contributed by atoms with E-state index in [0.717, 1.165) is 11.1 Å². The average Bonchev–Trinajstić information content (AvgIpc) is 2.67. The topological polar surface area (TPSA) is 102 Å². The Hall–Kier alpha value is -3.03. The van der Waals surface area contributed by atoms with E-state index < -0.39 is 0 Å². The number of hydrogen-bond donors (Lipinski definition) is 3. The number of carbonyl (C=O) groups is 1. The van der Waals surface area contributed by atoms with E-state index >= 15 is 0 Å². The van der Waals surface area contributed by atoms with Gasteiger partial charge in [-0.25, -0.2) is 4.98 Å². The lowest BCUT2D eigenvalue weighted by Crippen LogP contribution is -2.30. The average molecular weight is 418 g/mol. The third-order valence-electron chi connectivity index (χ3n) is 3.87. The van der Waals surface area contributed by atoms with Crippen LogP contribution in [0.5, 0.6) is 11.6 Å². The van der Waals surface area contributed by atoms with Gasteiger partial charge in [0.05, 0.1) is 0 Å². The highest BCUT2D eigenvalue weighted by Crippen LogP contribution is 2.32. The zero-order chi connectivity index (χ0) is 20.3. The van der Waals surface area contributed by atoms with Gasteiger partial charge in [0.1, 0.15) is 17.8 Å². The van der Waals surface area contributed by atoms with Crippen molar-refractivity contribution in [2.45, 2.75) is 13.8 Å². The lowest BCUT2D eigenvalue weighted by atomic mass is 10.1. The number of carbonyl (C=O) groups excluding carboxylic acids is 1. The molecular formula is C19H17Cl2N5O2. The van der Waals surface area contributed by atoms with E-state index in [4.69, 9.17) is 33.7 Å². The standard InChI is InChI=1S/C19H17Cl2N5O2/c1-10-7-14(8-11(2)15(10)21)28-19-16(22)17(23-9-24-19)25-26-18(27)12-3-5-13(20)6-4-12/h3-9H,22H2,1-2H3,(H,26,27)(H,23,24,25). The van der Waals surface area contributed by atoms with Gasteiger partial charge in [0.25, 0.3) is 5.91 Å². The van der Waals surface area contributed by atoms with Crippen molar-refractivity contribution in [3.63, 3.8) is 0 Å². The van der Waals surface area contributed by atoms with Crippen LogP contribution in [0.3, 0.4) is 0 Å². The molecule has 3 aromatic rings. The molecule has 0 aliphatic carbocycles. The van der Waals surface area contributed by atoms with Gasteiger partial charge in [0.15, 0.2) is 5.82 Å². The predicted octanol–water partition coefficient (Wildman–Crippen LogP) is 4.53. The van der Waals surface area contributed by atoms with Gasteiger partial charge < -0.3 is 10.5 Å². The summed E-state index contributed by atoms with van der Waals surface area (Å²) in [6, 6.07) is 10.0. The number of nitrogen functional groups attached to an aromatic ring is 1. The first-order chi connectivity index (χ1) is 13.3. The van der Waals surface area contributed by atoms with Crippen LogP contribution in [0.2, 0.25) is 10.0 Å². The molecular weight excluding hydrogens is 401 g/mol. The number of amides is 1. The Morgan fingerprint density at radius 2 is 1.71 bits per heavy atom. The Labute approximate surface area is 171 Å². The first-order valence-electron chi connectivity index (χ1n) is 8.22. The molecule has 0 atom stereocenters. The summed E-state index contributed by atoms with van der Waals surface area (Å²) in [6.07, 6.45) is 1.28. The Morgan fingerprint density at radius 1 is 1.07 bits per heavy atom. The van der Waals surface area contributed by atoms with Crippen molar-refractivity contribution < 1.29 is 9.53 Å². The van der Waals surface area contributed by atoms with Crippen molar-refractivity contribution in [2.75, 3.05) is 11.2 Å².